The van der Waals surface area contributed by atoms with Crippen molar-refractivity contribution in [3.63, 3.8) is 0 Å². The van der Waals surface area contributed by atoms with Crippen molar-refractivity contribution in [2.45, 2.75) is 31.3 Å². The summed E-state index contributed by atoms with van der Waals surface area (Å²) in [6.07, 6.45) is 3.22. The maximum Gasteiger partial charge on any atom is 0.310 e. The molecule has 3 atom stereocenters. The topological polar surface area (TPSA) is 66.0 Å². The third kappa shape index (κ3) is 4.70. The first-order valence-electron chi connectivity index (χ1n) is 7.38. The summed E-state index contributed by atoms with van der Waals surface area (Å²) in [5, 5.41) is 3.44. The zero-order valence-electron chi connectivity index (χ0n) is 12.1. The van der Waals surface area contributed by atoms with Gasteiger partial charge in [0, 0.05) is 19.2 Å². The second-order valence-electron chi connectivity index (χ2n) is 5.27. The maximum absolute atomic E-state index is 11.9. The molecule has 2 saturated heterocycles. The fourth-order valence-corrected chi connectivity index (χ4v) is 2.86. The highest BCUT2D eigenvalue weighted by atomic mass is 16.6. The van der Waals surface area contributed by atoms with Gasteiger partial charge in [-0.05, 0) is 19.3 Å². The van der Waals surface area contributed by atoms with E-state index in [2.05, 4.69) is 5.32 Å². The number of carbonyl (C=O) groups is 1. The van der Waals surface area contributed by atoms with Crippen molar-refractivity contribution in [1.82, 2.24) is 5.32 Å². The van der Waals surface area contributed by atoms with Crippen LogP contribution >= 0.6 is 0 Å². The Kier molecular flexibility index (Phi) is 6.72. The number of rotatable bonds is 10. The van der Waals surface area contributed by atoms with E-state index in [1.165, 1.54) is 6.42 Å². The SMILES string of the molecule is COCCOCCOCCOC(=O)C1CC2CCC1N2. The van der Waals surface area contributed by atoms with Crippen LogP contribution < -0.4 is 5.32 Å². The van der Waals surface area contributed by atoms with Crippen LogP contribution in [0.4, 0.5) is 0 Å². The van der Waals surface area contributed by atoms with Crippen molar-refractivity contribution in [2.24, 2.45) is 5.92 Å². The van der Waals surface area contributed by atoms with Crippen LogP contribution in [0.15, 0.2) is 0 Å². The first-order valence-corrected chi connectivity index (χ1v) is 7.38. The van der Waals surface area contributed by atoms with Crippen molar-refractivity contribution < 1.29 is 23.7 Å². The molecule has 2 aliphatic rings. The van der Waals surface area contributed by atoms with Gasteiger partial charge >= 0.3 is 5.97 Å². The van der Waals surface area contributed by atoms with Crippen LogP contribution in [-0.2, 0) is 23.7 Å². The molecule has 3 unspecified atom stereocenters. The number of carbonyl (C=O) groups excluding carboxylic acids is 1. The van der Waals surface area contributed by atoms with E-state index in [0.717, 1.165) is 12.8 Å². The van der Waals surface area contributed by atoms with E-state index in [0.29, 0.717) is 51.7 Å². The van der Waals surface area contributed by atoms with Gasteiger partial charge in [-0.15, -0.1) is 0 Å². The van der Waals surface area contributed by atoms with Crippen molar-refractivity contribution in [1.29, 1.82) is 0 Å². The second-order valence-corrected chi connectivity index (χ2v) is 5.27. The van der Waals surface area contributed by atoms with Crippen molar-refractivity contribution in [3.8, 4) is 0 Å². The molecular weight excluding hydrogens is 262 g/mol. The average Bonchev–Trinajstić information content (AvgIpc) is 3.08. The summed E-state index contributed by atoms with van der Waals surface area (Å²) in [6, 6.07) is 0.862. The molecule has 1 N–H and O–H groups in total. The van der Waals surface area contributed by atoms with Crippen LogP contribution in [-0.4, -0.2) is 64.8 Å². The smallest absolute Gasteiger partial charge is 0.310 e. The molecule has 6 nitrogen and oxygen atoms in total. The first-order chi connectivity index (χ1) is 9.81. The van der Waals surface area contributed by atoms with Crippen LogP contribution in [0.1, 0.15) is 19.3 Å². The molecule has 0 amide bonds. The van der Waals surface area contributed by atoms with Gasteiger partial charge in [0.1, 0.15) is 6.61 Å². The minimum atomic E-state index is -0.0790. The predicted molar refractivity (Wildman–Crippen MR) is 72.5 cm³/mol. The molecule has 6 heteroatoms. The zero-order valence-corrected chi connectivity index (χ0v) is 12.1. The second kappa shape index (κ2) is 8.56. The molecule has 2 aliphatic heterocycles. The fourth-order valence-electron chi connectivity index (χ4n) is 2.86. The lowest BCUT2D eigenvalue weighted by atomic mass is 9.89. The molecule has 0 aliphatic carbocycles. The lowest BCUT2D eigenvalue weighted by Gasteiger charge is -2.18. The molecule has 116 valence electrons. The molecule has 0 radical (unpaired) electrons. The minimum Gasteiger partial charge on any atom is -0.463 e. The average molecular weight is 287 g/mol. The summed E-state index contributed by atoms with van der Waals surface area (Å²) in [6.45, 7) is 2.96. The minimum absolute atomic E-state index is 0.0473. The van der Waals surface area contributed by atoms with Gasteiger partial charge in [-0.25, -0.2) is 0 Å². The monoisotopic (exact) mass is 287 g/mol. The van der Waals surface area contributed by atoms with Gasteiger partial charge in [0.05, 0.1) is 39.0 Å². The molecule has 0 saturated carbocycles. The quantitative estimate of drug-likeness (QED) is 0.462. The normalized spacial score (nSPS) is 27.9. The predicted octanol–water partition coefficient (Wildman–Crippen LogP) is 0.350. The molecule has 2 bridgehead atoms. The van der Waals surface area contributed by atoms with Crippen LogP contribution in [0.25, 0.3) is 0 Å². The Hall–Kier alpha value is -0.690. The van der Waals surface area contributed by atoms with E-state index in [1.54, 1.807) is 7.11 Å². The maximum atomic E-state index is 11.9. The van der Waals surface area contributed by atoms with Crippen LogP contribution in [0.2, 0.25) is 0 Å². The summed E-state index contributed by atoms with van der Waals surface area (Å²) in [7, 11) is 1.64. The summed E-state index contributed by atoms with van der Waals surface area (Å²) < 4.78 is 20.7. The van der Waals surface area contributed by atoms with Gasteiger partial charge in [0.2, 0.25) is 0 Å². The summed E-state index contributed by atoms with van der Waals surface area (Å²) in [5.41, 5.74) is 0. The van der Waals surface area contributed by atoms with Gasteiger partial charge in [0.15, 0.2) is 0 Å². The number of fused-ring (bicyclic) bond motifs is 2. The standard InChI is InChI=1S/C14H25NO5/c1-17-4-5-18-6-7-19-8-9-20-14(16)12-10-11-2-3-13(12)15-11/h11-13,15H,2-10H2,1H3. The van der Waals surface area contributed by atoms with Crippen molar-refractivity contribution in [3.05, 3.63) is 0 Å². The first kappa shape index (κ1) is 15.7. The van der Waals surface area contributed by atoms with Gasteiger partial charge in [-0.3, -0.25) is 4.79 Å². The number of nitrogens with one attached hydrogen (secondary N) is 1. The van der Waals surface area contributed by atoms with Crippen LogP contribution in [0.3, 0.4) is 0 Å². The Bertz CT molecular complexity index is 299. The molecule has 0 aromatic heterocycles. The van der Waals surface area contributed by atoms with Crippen molar-refractivity contribution in [2.75, 3.05) is 46.8 Å². The number of esters is 1. The third-order valence-electron chi connectivity index (χ3n) is 3.88. The van der Waals surface area contributed by atoms with Gasteiger partial charge in [0.25, 0.3) is 0 Å². The zero-order chi connectivity index (χ0) is 14.2. The molecule has 2 fully saturated rings. The lowest BCUT2D eigenvalue weighted by molar-refractivity contribution is -0.150. The van der Waals surface area contributed by atoms with Crippen LogP contribution in [0, 0.1) is 5.92 Å². The van der Waals surface area contributed by atoms with E-state index in [1.807, 2.05) is 0 Å². The molecule has 0 aromatic rings. The largest absolute Gasteiger partial charge is 0.463 e. The summed E-state index contributed by atoms with van der Waals surface area (Å²) in [4.78, 5) is 11.9. The summed E-state index contributed by atoms with van der Waals surface area (Å²) >= 11 is 0. The Morgan fingerprint density at radius 1 is 1.05 bits per heavy atom. The molecule has 2 heterocycles. The van der Waals surface area contributed by atoms with Gasteiger partial charge in [-0.2, -0.15) is 0 Å². The molecule has 0 aromatic carbocycles. The summed E-state index contributed by atoms with van der Waals surface area (Å²) in [5.74, 6) is -0.0317. The highest BCUT2D eigenvalue weighted by Crippen LogP contribution is 2.33. The highest BCUT2D eigenvalue weighted by Gasteiger charge is 2.43. The Balaban J connectivity index is 1.42. The van der Waals surface area contributed by atoms with Crippen LogP contribution in [0.5, 0.6) is 0 Å². The number of methoxy groups -OCH3 is 1. The Labute approximate surface area is 120 Å². The third-order valence-corrected chi connectivity index (χ3v) is 3.88. The van der Waals surface area contributed by atoms with E-state index >= 15 is 0 Å². The fraction of sp³-hybridized carbons (Fsp3) is 0.929. The van der Waals surface area contributed by atoms with E-state index in [4.69, 9.17) is 18.9 Å². The van der Waals surface area contributed by atoms with E-state index in [-0.39, 0.29) is 11.9 Å². The molecule has 20 heavy (non-hydrogen) atoms. The molecule has 0 spiro atoms. The van der Waals surface area contributed by atoms with Crippen molar-refractivity contribution >= 4 is 5.97 Å². The number of hydrogen-bond acceptors (Lipinski definition) is 6. The van der Waals surface area contributed by atoms with Gasteiger partial charge in [-0.1, -0.05) is 0 Å². The van der Waals surface area contributed by atoms with Gasteiger partial charge < -0.3 is 24.3 Å². The molecular formula is C14H25NO5. The lowest BCUT2D eigenvalue weighted by Crippen LogP contribution is -2.30. The number of ether oxygens (including phenoxy) is 4. The Morgan fingerprint density at radius 2 is 1.75 bits per heavy atom. The Morgan fingerprint density at radius 3 is 2.35 bits per heavy atom. The highest BCUT2D eigenvalue weighted by molar-refractivity contribution is 5.74. The molecule has 2 rings (SSSR count). The number of hydrogen-bond donors (Lipinski definition) is 1. The van der Waals surface area contributed by atoms with E-state index in [9.17, 15) is 4.79 Å². The van der Waals surface area contributed by atoms with E-state index < -0.39 is 0 Å².